The molecule has 4 heteroatoms. The zero-order valence-electron chi connectivity index (χ0n) is 12.4. The molecule has 0 aliphatic heterocycles. The largest absolute Gasteiger partial charge is 0.493 e. The van der Waals surface area contributed by atoms with Crippen molar-refractivity contribution >= 4 is 11.6 Å². The zero-order chi connectivity index (χ0) is 15.1. The van der Waals surface area contributed by atoms with Crippen LogP contribution in [0.25, 0.3) is 0 Å². The first-order valence-electron chi connectivity index (χ1n) is 6.97. The first-order chi connectivity index (χ1) is 10.2. The van der Waals surface area contributed by atoms with Crippen molar-refractivity contribution in [3.05, 3.63) is 58.6 Å². The molecule has 2 aromatic rings. The zero-order valence-corrected chi connectivity index (χ0v) is 13.1. The van der Waals surface area contributed by atoms with Crippen molar-refractivity contribution in [2.75, 3.05) is 13.7 Å². The second kappa shape index (κ2) is 7.91. The van der Waals surface area contributed by atoms with Gasteiger partial charge in [0.2, 0.25) is 0 Å². The molecule has 0 amide bonds. The molecule has 0 aromatic heterocycles. The fourth-order valence-electron chi connectivity index (χ4n) is 2.10. The second-order valence-electron chi connectivity index (χ2n) is 4.65. The molecular formula is C17H20ClNO2. The highest BCUT2D eigenvalue weighted by atomic mass is 35.5. The molecule has 1 N–H and O–H groups in total. The fourth-order valence-corrected chi connectivity index (χ4v) is 2.31. The lowest BCUT2D eigenvalue weighted by Gasteiger charge is -2.11. The third kappa shape index (κ3) is 4.66. The lowest BCUT2D eigenvalue weighted by molar-refractivity contribution is 0.310. The van der Waals surface area contributed by atoms with E-state index in [1.807, 2.05) is 43.3 Å². The van der Waals surface area contributed by atoms with Crippen molar-refractivity contribution < 1.29 is 9.47 Å². The summed E-state index contributed by atoms with van der Waals surface area (Å²) in [6.07, 6.45) is 0. The van der Waals surface area contributed by atoms with Crippen LogP contribution in [0.15, 0.2) is 42.5 Å². The predicted octanol–water partition coefficient (Wildman–Crippen LogP) is 4.04. The van der Waals surface area contributed by atoms with Gasteiger partial charge in [0.25, 0.3) is 0 Å². The Balaban J connectivity index is 1.95. The Morgan fingerprint density at radius 2 is 1.76 bits per heavy atom. The highest BCUT2D eigenvalue weighted by Crippen LogP contribution is 2.28. The number of hydrogen-bond donors (Lipinski definition) is 1. The lowest BCUT2D eigenvalue weighted by Crippen LogP contribution is -2.12. The van der Waals surface area contributed by atoms with Gasteiger partial charge in [-0.25, -0.2) is 0 Å². The van der Waals surface area contributed by atoms with Crippen molar-refractivity contribution in [1.82, 2.24) is 5.32 Å². The molecule has 0 spiro atoms. The first kappa shape index (κ1) is 15.7. The summed E-state index contributed by atoms with van der Waals surface area (Å²) in [5, 5.41) is 4.16. The number of methoxy groups -OCH3 is 1. The van der Waals surface area contributed by atoms with Crippen molar-refractivity contribution in [3.8, 4) is 11.5 Å². The van der Waals surface area contributed by atoms with Crippen molar-refractivity contribution in [3.63, 3.8) is 0 Å². The Morgan fingerprint density at radius 3 is 2.43 bits per heavy atom. The highest BCUT2D eigenvalue weighted by molar-refractivity contribution is 6.30. The molecular weight excluding hydrogens is 286 g/mol. The molecule has 2 rings (SSSR count). The van der Waals surface area contributed by atoms with Crippen LogP contribution in [-0.2, 0) is 13.1 Å². The molecule has 0 aliphatic carbocycles. The lowest BCUT2D eigenvalue weighted by atomic mass is 10.2. The molecule has 0 saturated carbocycles. The summed E-state index contributed by atoms with van der Waals surface area (Å²) >= 11 is 5.97. The maximum Gasteiger partial charge on any atom is 0.161 e. The van der Waals surface area contributed by atoms with Crippen LogP contribution in [-0.4, -0.2) is 13.7 Å². The van der Waals surface area contributed by atoms with Gasteiger partial charge >= 0.3 is 0 Å². The van der Waals surface area contributed by atoms with Crippen LogP contribution in [0.5, 0.6) is 11.5 Å². The molecule has 0 fully saturated rings. The molecule has 0 unspecified atom stereocenters. The minimum atomic E-state index is 0.621. The van der Waals surface area contributed by atoms with Crippen molar-refractivity contribution in [1.29, 1.82) is 0 Å². The van der Waals surface area contributed by atoms with E-state index in [2.05, 4.69) is 11.4 Å². The summed E-state index contributed by atoms with van der Waals surface area (Å²) in [5.74, 6) is 1.54. The topological polar surface area (TPSA) is 30.5 Å². The van der Waals surface area contributed by atoms with E-state index in [1.54, 1.807) is 7.11 Å². The molecule has 0 aliphatic rings. The predicted molar refractivity (Wildman–Crippen MR) is 86.2 cm³/mol. The molecule has 0 bridgehead atoms. The summed E-state index contributed by atoms with van der Waals surface area (Å²) in [6, 6.07) is 13.8. The molecule has 0 heterocycles. The van der Waals surface area contributed by atoms with Gasteiger partial charge in [-0.1, -0.05) is 29.8 Å². The molecule has 112 valence electrons. The van der Waals surface area contributed by atoms with Gasteiger partial charge in [-0.15, -0.1) is 0 Å². The molecule has 0 atom stereocenters. The Morgan fingerprint density at radius 1 is 1.00 bits per heavy atom. The van der Waals surface area contributed by atoms with Gasteiger partial charge in [0.1, 0.15) is 0 Å². The Bertz CT molecular complexity index is 587. The minimum Gasteiger partial charge on any atom is -0.493 e. The molecule has 0 saturated heterocycles. The van der Waals surface area contributed by atoms with Gasteiger partial charge < -0.3 is 14.8 Å². The van der Waals surface area contributed by atoms with Crippen LogP contribution in [0.2, 0.25) is 5.02 Å². The van der Waals surface area contributed by atoms with Crippen molar-refractivity contribution in [2.45, 2.75) is 20.0 Å². The normalized spacial score (nSPS) is 10.4. The highest BCUT2D eigenvalue weighted by Gasteiger charge is 2.05. The summed E-state index contributed by atoms with van der Waals surface area (Å²) in [6.45, 7) is 4.12. The fraction of sp³-hybridized carbons (Fsp3) is 0.294. The van der Waals surface area contributed by atoms with E-state index in [9.17, 15) is 0 Å². The minimum absolute atomic E-state index is 0.621. The van der Waals surface area contributed by atoms with Gasteiger partial charge in [0, 0.05) is 18.1 Å². The summed E-state index contributed by atoms with van der Waals surface area (Å²) in [7, 11) is 1.65. The summed E-state index contributed by atoms with van der Waals surface area (Å²) in [5.41, 5.74) is 2.32. The number of rotatable bonds is 7. The average Bonchev–Trinajstić information content (AvgIpc) is 2.48. The average molecular weight is 306 g/mol. The maximum absolute atomic E-state index is 5.97. The standard InChI is InChI=1S/C17H20ClNO2/c1-3-21-17-10-14(7-8-16(17)20-2)12-19-11-13-5-4-6-15(18)9-13/h4-10,19H,3,11-12H2,1-2H3. The molecule has 0 radical (unpaired) electrons. The SMILES string of the molecule is CCOc1cc(CNCc2cccc(Cl)c2)ccc1OC. The van der Waals surface area contributed by atoms with E-state index in [1.165, 1.54) is 5.56 Å². The van der Waals surface area contributed by atoms with E-state index >= 15 is 0 Å². The van der Waals surface area contributed by atoms with Crippen molar-refractivity contribution in [2.24, 2.45) is 0 Å². The number of ether oxygens (including phenoxy) is 2. The van der Waals surface area contributed by atoms with E-state index in [4.69, 9.17) is 21.1 Å². The number of halogens is 1. The van der Waals surface area contributed by atoms with Gasteiger partial charge in [0.05, 0.1) is 13.7 Å². The van der Waals surface area contributed by atoms with E-state index < -0.39 is 0 Å². The van der Waals surface area contributed by atoms with Gasteiger partial charge in [0.15, 0.2) is 11.5 Å². The number of benzene rings is 2. The Labute approximate surface area is 130 Å². The van der Waals surface area contributed by atoms with E-state index in [0.29, 0.717) is 6.61 Å². The van der Waals surface area contributed by atoms with Gasteiger partial charge in [-0.05, 0) is 42.3 Å². The third-order valence-corrected chi connectivity index (χ3v) is 3.31. The molecule has 2 aromatic carbocycles. The van der Waals surface area contributed by atoms with Crippen LogP contribution < -0.4 is 14.8 Å². The van der Waals surface area contributed by atoms with E-state index in [0.717, 1.165) is 35.2 Å². The maximum atomic E-state index is 5.97. The van der Waals surface area contributed by atoms with Gasteiger partial charge in [-0.3, -0.25) is 0 Å². The van der Waals surface area contributed by atoms with Crippen LogP contribution in [0.3, 0.4) is 0 Å². The quantitative estimate of drug-likeness (QED) is 0.837. The number of hydrogen-bond acceptors (Lipinski definition) is 3. The van der Waals surface area contributed by atoms with Gasteiger partial charge in [-0.2, -0.15) is 0 Å². The number of nitrogens with one attached hydrogen (secondary N) is 1. The molecule has 21 heavy (non-hydrogen) atoms. The molecule has 3 nitrogen and oxygen atoms in total. The van der Waals surface area contributed by atoms with Crippen LogP contribution in [0.1, 0.15) is 18.1 Å². The van der Waals surface area contributed by atoms with Crippen LogP contribution >= 0.6 is 11.6 Å². The third-order valence-electron chi connectivity index (χ3n) is 3.08. The second-order valence-corrected chi connectivity index (χ2v) is 5.09. The smallest absolute Gasteiger partial charge is 0.161 e. The Kier molecular flexibility index (Phi) is 5.90. The van der Waals surface area contributed by atoms with Crippen LogP contribution in [0, 0.1) is 0 Å². The summed E-state index contributed by atoms with van der Waals surface area (Å²) in [4.78, 5) is 0. The van der Waals surface area contributed by atoms with Crippen LogP contribution in [0.4, 0.5) is 0 Å². The first-order valence-corrected chi connectivity index (χ1v) is 7.35. The Hall–Kier alpha value is -1.71. The van der Waals surface area contributed by atoms with E-state index in [-0.39, 0.29) is 0 Å². The monoisotopic (exact) mass is 305 g/mol. The summed E-state index contributed by atoms with van der Waals surface area (Å²) < 4.78 is 10.9.